The minimum Gasteiger partial charge on any atom is -0.462 e. The van der Waals surface area contributed by atoms with Crippen LogP contribution in [0.4, 0.5) is 0 Å². The smallest absolute Gasteiger partial charge is 0.306 e. The number of allylic oxidation sites excluding steroid dienone is 8. The Kier molecular flexibility index (Phi) is 67.6. The van der Waals surface area contributed by atoms with Gasteiger partial charge < -0.3 is 14.2 Å². The van der Waals surface area contributed by atoms with Crippen LogP contribution >= 0.6 is 0 Å². The van der Waals surface area contributed by atoms with Gasteiger partial charge in [0.25, 0.3) is 0 Å². The molecule has 0 saturated carbocycles. The van der Waals surface area contributed by atoms with E-state index in [1.165, 1.54) is 276 Å². The first-order chi connectivity index (χ1) is 40.0. The van der Waals surface area contributed by atoms with Gasteiger partial charge in [-0.15, -0.1) is 0 Å². The van der Waals surface area contributed by atoms with Crippen LogP contribution in [0.3, 0.4) is 0 Å². The molecule has 0 heterocycles. The number of carbonyl (C=O) groups excluding carboxylic acids is 3. The molecular weight excluding hydrogens is 997 g/mol. The lowest BCUT2D eigenvalue weighted by Crippen LogP contribution is -2.30. The second kappa shape index (κ2) is 69.9. The molecule has 6 nitrogen and oxygen atoms in total. The minimum atomic E-state index is -0.774. The van der Waals surface area contributed by atoms with Crippen LogP contribution in [0.25, 0.3) is 0 Å². The van der Waals surface area contributed by atoms with Crippen LogP contribution in [0.15, 0.2) is 48.6 Å². The molecule has 0 rings (SSSR count). The van der Waals surface area contributed by atoms with Gasteiger partial charge in [0.1, 0.15) is 13.2 Å². The third kappa shape index (κ3) is 68.0. The lowest BCUT2D eigenvalue weighted by atomic mass is 10.0. The van der Waals surface area contributed by atoms with E-state index in [9.17, 15) is 14.4 Å². The predicted molar refractivity (Wildman–Crippen MR) is 353 cm³/mol. The average molecular weight is 1140 g/mol. The molecule has 0 aliphatic carbocycles. The summed E-state index contributed by atoms with van der Waals surface area (Å²) in [5.41, 5.74) is 0. The summed E-state index contributed by atoms with van der Waals surface area (Å²) in [6.07, 6.45) is 88.6. The van der Waals surface area contributed by atoms with E-state index in [1.54, 1.807) is 0 Å². The van der Waals surface area contributed by atoms with Crippen molar-refractivity contribution in [3.63, 3.8) is 0 Å². The first-order valence-electron chi connectivity index (χ1n) is 36.1. The summed E-state index contributed by atoms with van der Waals surface area (Å²) in [4.78, 5) is 38.4. The van der Waals surface area contributed by atoms with E-state index >= 15 is 0 Å². The van der Waals surface area contributed by atoms with Crippen molar-refractivity contribution in [2.45, 2.75) is 399 Å². The lowest BCUT2D eigenvalue weighted by Gasteiger charge is -2.18. The van der Waals surface area contributed by atoms with Crippen molar-refractivity contribution < 1.29 is 28.6 Å². The van der Waals surface area contributed by atoms with Gasteiger partial charge in [-0.05, 0) is 83.5 Å². The highest BCUT2D eigenvalue weighted by molar-refractivity contribution is 5.71. The molecule has 0 amide bonds. The Morgan fingerprint density at radius 2 is 0.444 bits per heavy atom. The maximum Gasteiger partial charge on any atom is 0.306 e. The summed E-state index contributed by atoms with van der Waals surface area (Å²) < 4.78 is 17.0. The van der Waals surface area contributed by atoms with Crippen molar-refractivity contribution in [1.82, 2.24) is 0 Å². The molecule has 81 heavy (non-hydrogen) atoms. The minimum absolute atomic E-state index is 0.0703. The Balaban J connectivity index is 4.19. The fraction of sp³-hybridized carbons (Fsp3) is 0.853. The van der Waals surface area contributed by atoms with E-state index in [4.69, 9.17) is 14.2 Å². The summed E-state index contributed by atoms with van der Waals surface area (Å²) in [6, 6.07) is 0. The van der Waals surface area contributed by atoms with E-state index in [2.05, 4.69) is 69.4 Å². The Morgan fingerprint density at radius 1 is 0.247 bits per heavy atom. The number of carbonyl (C=O) groups is 3. The molecular formula is C75H138O6. The number of hydrogen-bond donors (Lipinski definition) is 0. The first-order valence-corrected chi connectivity index (χ1v) is 36.1. The largest absolute Gasteiger partial charge is 0.462 e. The van der Waals surface area contributed by atoms with Gasteiger partial charge in [0.05, 0.1) is 0 Å². The zero-order valence-corrected chi connectivity index (χ0v) is 54.6. The highest BCUT2D eigenvalue weighted by atomic mass is 16.6. The SMILES string of the molecule is CCCCCCC/C=C\C/C=C\C/C=C\CCCCCCCCCCCCCCCCCCC(=O)OCC(COC(=O)CCCCCCC/C=C\CCCCCCCC)OC(=O)CCCCCCCCCCCCCCCCCCC. The van der Waals surface area contributed by atoms with E-state index in [1.807, 2.05) is 0 Å². The Bertz CT molecular complexity index is 1400. The Morgan fingerprint density at radius 3 is 0.704 bits per heavy atom. The second-order valence-electron chi connectivity index (χ2n) is 24.5. The van der Waals surface area contributed by atoms with Crippen molar-refractivity contribution in [2.24, 2.45) is 0 Å². The summed E-state index contributed by atoms with van der Waals surface area (Å²) >= 11 is 0. The van der Waals surface area contributed by atoms with Crippen LogP contribution in [0.5, 0.6) is 0 Å². The molecule has 0 saturated heterocycles. The summed E-state index contributed by atoms with van der Waals surface area (Å²) in [7, 11) is 0. The molecule has 1 unspecified atom stereocenters. The van der Waals surface area contributed by atoms with Gasteiger partial charge in [-0.1, -0.05) is 339 Å². The molecule has 0 N–H and O–H groups in total. The van der Waals surface area contributed by atoms with Crippen LogP contribution in [0.2, 0.25) is 0 Å². The summed E-state index contributed by atoms with van der Waals surface area (Å²) in [5.74, 6) is -0.851. The van der Waals surface area contributed by atoms with Gasteiger partial charge >= 0.3 is 17.9 Å². The molecule has 0 fully saturated rings. The zero-order chi connectivity index (χ0) is 58.5. The topological polar surface area (TPSA) is 78.9 Å². The standard InChI is InChI=1S/C75H138O6/c1-4-7-10-13-16-19-22-25-28-30-31-32-33-34-35-36-37-38-39-40-41-42-43-45-47-50-53-56-59-62-65-68-74(77)80-71-72(70-79-73(76)67-64-61-58-55-52-49-46-27-24-21-18-15-12-9-6-3)81-75(78)69-66-63-60-57-54-51-48-44-29-26-23-20-17-14-11-8-5-2/h22,25,27,30-31,33-34,46,72H,4-21,23-24,26,28-29,32,35-45,47-71H2,1-3H3/b25-22-,31-30-,34-33-,46-27-. The van der Waals surface area contributed by atoms with Crippen molar-refractivity contribution in [3.8, 4) is 0 Å². The normalized spacial score (nSPS) is 12.3. The second-order valence-corrected chi connectivity index (χ2v) is 24.5. The Hall–Kier alpha value is -2.63. The third-order valence-corrected chi connectivity index (χ3v) is 16.3. The van der Waals surface area contributed by atoms with Gasteiger partial charge in [-0.2, -0.15) is 0 Å². The molecule has 0 radical (unpaired) electrons. The molecule has 0 aliphatic rings. The molecule has 1 atom stereocenters. The molecule has 0 aromatic carbocycles. The van der Waals surface area contributed by atoms with Gasteiger partial charge in [-0.25, -0.2) is 0 Å². The molecule has 0 aliphatic heterocycles. The monoisotopic (exact) mass is 1140 g/mol. The first kappa shape index (κ1) is 78.4. The molecule has 0 aromatic heterocycles. The predicted octanol–water partition coefficient (Wildman–Crippen LogP) is 24.9. The van der Waals surface area contributed by atoms with Crippen LogP contribution in [0, 0.1) is 0 Å². The van der Waals surface area contributed by atoms with E-state index in [0.29, 0.717) is 19.3 Å². The highest BCUT2D eigenvalue weighted by Gasteiger charge is 2.19. The average Bonchev–Trinajstić information content (AvgIpc) is 3.47. The summed E-state index contributed by atoms with van der Waals surface area (Å²) in [6.45, 7) is 6.69. The lowest BCUT2D eigenvalue weighted by molar-refractivity contribution is -0.167. The maximum absolute atomic E-state index is 12.9. The van der Waals surface area contributed by atoms with E-state index < -0.39 is 6.10 Å². The van der Waals surface area contributed by atoms with Crippen LogP contribution in [-0.4, -0.2) is 37.2 Å². The number of ether oxygens (including phenoxy) is 3. The molecule has 0 spiro atoms. The third-order valence-electron chi connectivity index (χ3n) is 16.3. The molecule has 0 bridgehead atoms. The summed E-state index contributed by atoms with van der Waals surface area (Å²) in [5, 5.41) is 0. The van der Waals surface area contributed by atoms with Crippen molar-refractivity contribution in [2.75, 3.05) is 13.2 Å². The molecule has 6 heteroatoms. The van der Waals surface area contributed by atoms with Gasteiger partial charge in [-0.3, -0.25) is 14.4 Å². The number of hydrogen-bond acceptors (Lipinski definition) is 6. The molecule has 0 aromatic rings. The maximum atomic E-state index is 12.9. The molecule has 474 valence electrons. The quantitative estimate of drug-likeness (QED) is 0.0261. The van der Waals surface area contributed by atoms with Crippen LogP contribution < -0.4 is 0 Å². The van der Waals surface area contributed by atoms with Gasteiger partial charge in [0.2, 0.25) is 0 Å². The fourth-order valence-corrected chi connectivity index (χ4v) is 10.9. The van der Waals surface area contributed by atoms with Crippen molar-refractivity contribution >= 4 is 17.9 Å². The van der Waals surface area contributed by atoms with Gasteiger partial charge in [0.15, 0.2) is 6.10 Å². The van der Waals surface area contributed by atoms with E-state index in [0.717, 1.165) is 77.0 Å². The van der Waals surface area contributed by atoms with Crippen LogP contribution in [0.1, 0.15) is 393 Å². The van der Waals surface area contributed by atoms with Crippen molar-refractivity contribution in [3.05, 3.63) is 48.6 Å². The van der Waals surface area contributed by atoms with E-state index in [-0.39, 0.29) is 31.1 Å². The zero-order valence-electron chi connectivity index (χ0n) is 54.6. The fourth-order valence-electron chi connectivity index (χ4n) is 10.9. The van der Waals surface area contributed by atoms with Gasteiger partial charge in [0, 0.05) is 19.3 Å². The number of rotatable bonds is 67. The number of esters is 3. The Labute approximate surface area is 505 Å². The highest BCUT2D eigenvalue weighted by Crippen LogP contribution is 2.18. The van der Waals surface area contributed by atoms with Crippen LogP contribution in [-0.2, 0) is 28.6 Å². The van der Waals surface area contributed by atoms with Crippen molar-refractivity contribution in [1.29, 1.82) is 0 Å². The number of unbranched alkanes of at least 4 members (excludes halogenated alkanes) is 48.